The SMILES string of the molecule is CCOCCNC(=NC)NCCNC(=O)c1ccc(C)c(F)c1. The number of carbonyl (C=O) groups excluding carboxylic acids is 1. The maximum absolute atomic E-state index is 13.4. The number of rotatable bonds is 8. The smallest absolute Gasteiger partial charge is 0.251 e. The first-order chi connectivity index (χ1) is 11.1. The Morgan fingerprint density at radius 1 is 1.22 bits per heavy atom. The Morgan fingerprint density at radius 2 is 1.91 bits per heavy atom. The van der Waals surface area contributed by atoms with Crippen molar-refractivity contribution in [3.05, 3.63) is 35.1 Å². The number of aryl methyl sites for hydroxylation is 1. The fraction of sp³-hybridized carbons (Fsp3) is 0.500. The molecular formula is C16H25FN4O2. The number of amides is 1. The Kier molecular flexibility index (Phi) is 8.67. The summed E-state index contributed by atoms with van der Waals surface area (Å²) in [6.07, 6.45) is 0. The van der Waals surface area contributed by atoms with Crippen LogP contribution in [-0.4, -0.2) is 51.8 Å². The van der Waals surface area contributed by atoms with Gasteiger partial charge in [0.05, 0.1) is 6.61 Å². The van der Waals surface area contributed by atoms with Crippen LogP contribution in [0.4, 0.5) is 4.39 Å². The number of guanidine groups is 1. The molecule has 0 atom stereocenters. The number of aliphatic imine (C=N–C) groups is 1. The van der Waals surface area contributed by atoms with Crippen molar-refractivity contribution < 1.29 is 13.9 Å². The number of nitrogens with zero attached hydrogens (tertiary/aromatic N) is 1. The molecule has 0 radical (unpaired) electrons. The molecule has 0 bridgehead atoms. The van der Waals surface area contributed by atoms with Crippen molar-refractivity contribution >= 4 is 11.9 Å². The van der Waals surface area contributed by atoms with E-state index in [2.05, 4.69) is 20.9 Å². The van der Waals surface area contributed by atoms with Gasteiger partial charge >= 0.3 is 0 Å². The van der Waals surface area contributed by atoms with Crippen LogP contribution < -0.4 is 16.0 Å². The standard InChI is InChI=1S/C16H25FN4O2/c1-4-23-10-9-21-16(18-3)20-8-7-19-15(22)13-6-5-12(2)14(17)11-13/h5-6,11H,4,7-10H2,1-3H3,(H,19,22)(H2,18,20,21). The van der Waals surface area contributed by atoms with Gasteiger partial charge in [0, 0.05) is 38.9 Å². The lowest BCUT2D eigenvalue weighted by Crippen LogP contribution is -2.42. The van der Waals surface area contributed by atoms with Crippen LogP contribution in [0.1, 0.15) is 22.8 Å². The van der Waals surface area contributed by atoms with E-state index in [0.717, 1.165) is 0 Å². The average Bonchev–Trinajstić information content (AvgIpc) is 2.55. The van der Waals surface area contributed by atoms with Crippen molar-refractivity contribution in [2.75, 3.05) is 39.9 Å². The summed E-state index contributed by atoms with van der Waals surface area (Å²) in [7, 11) is 1.67. The van der Waals surface area contributed by atoms with Gasteiger partial charge in [0.25, 0.3) is 5.91 Å². The second-order valence-corrected chi connectivity index (χ2v) is 4.84. The molecule has 0 unspecified atom stereocenters. The molecule has 1 aromatic rings. The van der Waals surface area contributed by atoms with E-state index in [1.807, 2.05) is 6.92 Å². The van der Waals surface area contributed by atoms with E-state index in [0.29, 0.717) is 49.9 Å². The van der Waals surface area contributed by atoms with Crippen LogP contribution in [0.2, 0.25) is 0 Å². The predicted octanol–water partition coefficient (Wildman–Crippen LogP) is 1.07. The van der Waals surface area contributed by atoms with Gasteiger partial charge in [0.15, 0.2) is 5.96 Å². The van der Waals surface area contributed by atoms with E-state index in [1.54, 1.807) is 26.1 Å². The third-order valence-electron chi connectivity index (χ3n) is 3.10. The first-order valence-electron chi connectivity index (χ1n) is 7.65. The van der Waals surface area contributed by atoms with Crippen molar-refractivity contribution in [2.24, 2.45) is 4.99 Å². The fourth-order valence-electron chi connectivity index (χ4n) is 1.80. The van der Waals surface area contributed by atoms with Gasteiger partial charge < -0.3 is 20.7 Å². The number of halogens is 1. The summed E-state index contributed by atoms with van der Waals surface area (Å²) >= 11 is 0. The third kappa shape index (κ3) is 7.10. The summed E-state index contributed by atoms with van der Waals surface area (Å²) in [6, 6.07) is 4.44. The summed E-state index contributed by atoms with van der Waals surface area (Å²) in [4.78, 5) is 16.0. The topological polar surface area (TPSA) is 74.8 Å². The van der Waals surface area contributed by atoms with Crippen molar-refractivity contribution in [2.45, 2.75) is 13.8 Å². The summed E-state index contributed by atoms with van der Waals surface area (Å²) in [5, 5.41) is 8.88. The minimum Gasteiger partial charge on any atom is -0.380 e. The normalized spacial score (nSPS) is 11.2. The molecule has 0 fully saturated rings. The Morgan fingerprint density at radius 3 is 2.57 bits per heavy atom. The lowest BCUT2D eigenvalue weighted by molar-refractivity contribution is 0.0954. The number of hydrogen-bond donors (Lipinski definition) is 3. The molecular weight excluding hydrogens is 299 g/mol. The van der Waals surface area contributed by atoms with Crippen LogP contribution in [0.5, 0.6) is 0 Å². The Labute approximate surface area is 136 Å². The van der Waals surface area contributed by atoms with Crippen LogP contribution >= 0.6 is 0 Å². The van der Waals surface area contributed by atoms with Crippen LogP contribution in [0.25, 0.3) is 0 Å². The molecule has 0 saturated heterocycles. The molecule has 3 N–H and O–H groups in total. The van der Waals surface area contributed by atoms with Crippen LogP contribution in [0.3, 0.4) is 0 Å². The molecule has 1 rings (SSSR count). The zero-order valence-electron chi connectivity index (χ0n) is 13.9. The highest BCUT2D eigenvalue weighted by atomic mass is 19.1. The molecule has 0 heterocycles. The van der Waals surface area contributed by atoms with E-state index in [9.17, 15) is 9.18 Å². The monoisotopic (exact) mass is 324 g/mol. The molecule has 6 nitrogen and oxygen atoms in total. The van der Waals surface area contributed by atoms with Gasteiger partial charge in [-0.25, -0.2) is 4.39 Å². The van der Waals surface area contributed by atoms with Gasteiger partial charge in [-0.2, -0.15) is 0 Å². The van der Waals surface area contributed by atoms with Gasteiger partial charge in [0.2, 0.25) is 0 Å². The van der Waals surface area contributed by atoms with E-state index in [1.165, 1.54) is 6.07 Å². The second-order valence-electron chi connectivity index (χ2n) is 4.84. The van der Waals surface area contributed by atoms with Gasteiger partial charge in [-0.05, 0) is 31.5 Å². The fourth-order valence-corrected chi connectivity index (χ4v) is 1.80. The molecule has 0 aliphatic carbocycles. The van der Waals surface area contributed by atoms with Crippen LogP contribution in [-0.2, 0) is 4.74 Å². The van der Waals surface area contributed by atoms with Crippen molar-refractivity contribution in [3.8, 4) is 0 Å². The van der Waals surface area contributed by atoms with Crippen LogP contribution in [0.15, 0.2) is 23.2 Å². The molecule has 0 saturated carbocycles. The molecule has 128 valence electrons. The molecule has 0 aliphatic rings. The van der Waals surface area contributed by atoms with Crippen molar-refractivity contribution in [1.82, 2.24) is 16.0 Å². The first kappa shape index (κ1) is 18.9. The summed E-state index contributed by atoms with van der Waals surface area (Å²) < 4.78 is 18.6. The number of carbonyl (C=O) groups is 1. The molecule has 0 spiro atoms. The summed E-state index contributed by atoms with van der Waals surface area (Å²) in [5.74, 6) is -0.0417. The number of benzene rings is 1. The van der Waals surface area contributed by atoms with Gasteiger partial charge in [0.1, 0.15) is 5.82 Å². The number of hydrogen-bond acceptors (Lipinski definition) is 3. The average molecular weight is 324 g/mol. The van der Waals surface area contributed by atoms with E-state index in [4.69, 9.17) is 4.74 Å². The van der Waals surface area contributed by atoms with Crippen molar-refractivity contribution in [1.29, 1.82) is 0 Å². The largest absolute Gasteiger partial charge is 0.380 e. The molecule has 0 aliphatic heterocycles. The highest BCUT2D eigenvalue weighted by molar-refractivity contribution is 5.94. The minimum atomic E-state index is -0.380. The highest BCUT2D eigenvalue weighted by Crippen LogP contribution is 2.08. The molecule has 23 heavy (non-hydrogen) atoms. The van der Waals surface area contributed by atoms with E-state index < -0.39 is 0 Å². The Hall–Kier alpha value is -2.15. The molecule has 7 heteroatoms. The zero-order valence-corrected chi connectivity index (χ0v) is 13.9. The van der Waals surface area contributed by atoms with Gasteiger partial charge in [-0.1, -0.05) is 6.07 Å². The van der Waals surface area contributed by atoms with Crippen molar-refractivity contribution in [3.63, 3.8) is 0 Å². The molecule has 1 amide bonds. The van der Waals surface area contributed by atoms with Crippen LogP contribution in [0, 0.1) is 12.7 Å². The number of ether oxygens (including phenoxy) is 1. The maximum Gasteiger partial charge on any atom is 0.251 e. The number of nitrogens with one attached hydrogen (secondary N) is 3. The second kappa shape index (κ2) is 10.6. The van der Waals surface area contributed by atoms with Gasteiger partial charge in [-0.15, -0.1) is 0 Å². The Balaban J connectivity index is 2.27. The first-order valence-corrected chi connectivity index (χ1v) is 7.65. The molecule has 0 aromatic heterocycles. The quantitative estimate of drug-likeness (QED) is 0.380. The Bertz CT molecular complexity index is 535. The predicted molar refractivity (Wildman–Crippen MR) is 89.3 cm³/mol. The summed E-state index contributed by atoms with van der Waals surface area (Å²) in [5.41, 5.74) is 0.831. The van der Waals surface area contributed by atoms with E-state index >= 15 is 0 Å². The highest BCUT2D eigenvalue weighted by Gasteiger charge is 2.07. The lowest BCUT2D eigenvalue weighted by Gasteiger charge is -2.12. The maximum atomic E-state index is 13.4. The zero-order chi connectivity index (χ0) is 17.1. The van der Waals surface area contributed by atoms with E-state index in [-0.39, 0.29) is 11.7 Å². The van der Waals surface area contributed by atoms with Gasteiger partial charge in [-0.3, -0.25) is 9.79 Å². The summed E-state index contributed by atoms with van der Waals surface area (Å²) in [6.45, 7) is 6.45. The lowest BCUT2D eigenvalue weighted by atomic mass is 10.1. The third-order valence-corrected chi connectivity index (χ3v) is 3.10. The minimum absolute atomic E-state index is 0.301. The molecule has 1 aromatic carbocycles.